The SMILES string of the molecule is COc1cc(C=C[N+](=O)[O-])cc(Br)c1OC(=O)COc1ccc(C)c(C)c1. The van der Waals surface area contributed by atoms with Crippen LogP contribution < -0.4 is 14.2 Å². The molecule has 142 valence electrons. The lowest BCUT2D eigenvalue weighted by atomic mass is 10.1. The van der Waals surface area contributed by atoms with Crippen molar-refractivity contribution < 1.29 is 23.9 Å². The summed E-state index contributed by atoms with van der Waals surface area (Å²) in [6, 6.07) is 8.64. The molecule has 0 saturated carbocycles. The van der Waals surface area contributed by atoms with Crippen molar-refractivity contribution >= 4 is 28.0 Å². The highest BCUT2D eigenvalue weighted by atomic mass is 79.9. The number of benzene rings is 2. The fraction of sp³-hybridized carbons (Fsp3) is 0.211. The number of methoxy groups -OCH3 is 1. The summed E-state index contributed by atoms with van der Waals surface area (Å²) in [7, 11) is 1.41. The van der Waals surface area contributed by atoms with E-state index in [2.05, 4.69) is 15.9 Å². The van der Waals surface area contributed by atoms with Crippen molar-refractivity contribution in [3.05, 3.63) is 67.8 Å². The topological polar surface area (TPSA) is 87.9 Å². The van der Waals surface area contributed by atoms with Gasteiger partial charge in [-0.2, -0.15) is 0 Å². The van der Waals surface area contributed by atoms with E-state index in [-0.39, 0.29) is 18.1 Å². The Kier molecular flexibility index (Phi) is 6.95. The summed E-state index contributed by atoms with van der Waals surface area (Å²) in [5.41, 5.74) is 2.70. The number of carbonyl (C=O) groups excluding carboxylic acids is 1. The van der Waals surface area contributed by atoms with Crippen LogP contribution in [-0.4, -0.2) is 24.6 Å². The summed E-state index contributed by atoms with van der Waals surface area (Å²) in [6.07, 6.45) is 2.12. The molecule has 0 aromatic heterocycles. The average Bonchev–Trinajstić information content (AvgIpc) is 2.62. The highest BCUT2D eigenvalue weighted by Crippen LogP contribution is 2.37. The Morgan fingerprint density at radius 1 is 1.22 bits per heavy atom. The maximum atomic E-state index is 12.1. The summed E-state index contributed by atoms with van der Waals surface area (Å²) in [6.45, 7) is 3.67. The molecular weight excluding hydrogens is 418 g/mol. The predicted octanol–water partition coefficient (Wildman–Crippen LogP) is 4.31. The molecule has 0 unspecified atom stereocenters. The van der Waals surface area contributed by atoms with Crippen LogP contribution in [0.1, 0.15) is 16.7 Å². The molecule has 0 aliphatic heterocycles. The van der Waals surface area contributed by atoms with Gasteiger partial charge in [0, 0.05) is 6.08 Å². The lowest BCUT2D eigenvalue weighted by Gasteiger charge is -2.13. The van der Waals surface area contributed by atoms with Crippen molar-refractivity contribution in [2.24, 2.45) is 0 Å². The second-order valence-electron chi connectivity index (χ2n) is 5.64. The van der Waals surface area contributed by atoms with Crippen LogP contribution in [0, 0.1) is 24.0 Å². The maximum absolute atomic E-state index is 12.1. The molecule has 8 heteroatoms. The first-order valence-electron chi connectivity index (χ1n) is 7.90. The van der Waals surface area contributed by atoms with Gasteiger partial charge in [0.05, 0.1) is 16.5 Å². The van der Waals surface area contributed by atoms with Crippen molar-refractivity contribution in [1.82, 2.24) is 0 Å². The van der Waals surface area contributed by atoms with Crippen LogP contribution in [0.3, 0.4) is 0 Å². The molecule has 0 spiro atoms. The van der Waals surface area contributed by atoms with E-state index in [4.69, 9.17) is 14.2 Å². The molecule has 0 amide bonds. The third-order valence-electron chi connectivity index (χ3n) is 3.69. The third kappa shape index (κ3) is 5.82. The Morgan fingerprint density at radius 2 is 1.96 bits per heavy atom. The number of halogens is 1. The highest BCUT2D eigenvalue weighted by molar-refractivity contribution is 9.10. The largest absolute Gasteiger partial charge is 0.493 e. The lowest BCUT2D eigenvalue weighted by molar-refractivity contribution is -0.400. The number of nitro groups is 1. The summed E-state index contributed by atoms with van der Waals surface area (Å²) in [5.74, 6) is 0.388. The molecule has 0 fully saturated rings. The smallest absolute Gasteiger partial charge is 0.349 e. The molecule has 0 heterocycles. The van der Waals surface area contributed by atoms with E-state index in [1.54, 1.807) is 12.1 Å². The zero-order chi connectivity index (χ0) is 20.0. The molecule has 0 aliphatic rings. The highest BCUT2D eigenvalue weighted by Gasteiger charge is 2.16. The van der Waals surface area contributed by atoms with E-state index in [0.29, 0.717) is 15.8 Å². The normalized spacial score (nSPS) is 10.7. The van der Waals surface area contributed by atoms with E-state index in [9.17, 15) is 14.9 Å². The van der Waals surface area contributed by atoms with Crippen LogP contribution in [-0.2, 0) is 4.79 Å². The number of carbonyl (C=O) groups is 1. The summed E-state index contributed by atoms with van der Waals surface area (Å²) >= 11 is 3.29. The van der Waals surface area contributed by atoms with Gasteiger partial charge < -0.3 is 14.2 Å². The number of hydrogen-bond donors (Lipinski definition) is 0. The van der Waals surface area contributed by atoms with Gasteiger partial charge in [0.1, 0.15) is 5.75 Å². The van der Waals surface area contributed by atoms with Gasteiger partial charge in [-0.15, -0.1) is 0 Å². The molecule has 7 nitrogen and oxygen atoms in total. The monoisotopic (exact) mass is 435 g/mol. The predicted molar refractivity (Wildman–Crippen MR) is 104 cm³/mol. The van der Waals surface area contributed by atoms with Crippen molar-refractivity contribution in [2.75, 3.05) is 13.7 Å². The van der Waals surface area contributed by atoms with E-state index < -0.39 is 10.9 Å². The van der Waals surface area contributed by atoms with Gasteiger partial charge in [0.25, 0.3) is 0 Å². The summed E-state index contributed by atoms with van der Waals surface area (Å²) in [4.78, 5) is 22.0. The Bertz CT molecular complexity index is 894. The van der Waals surface area contributed by atoms with Crippen LogP contribution in [0.25, 0.3) is 6.08 Å². The number of ether oxygens (including phenoxy) is 3. The molecule has 27 heavy (non-hydrogen) atoms. The maximum Gasteiger partial charge on any atom is 0.349 e. The molecule has 0 N–H and O–H groups in total. The van der Waals surface area contributed by atoms with E-state index in [1.807, 2.05) is 26.0 Å². The van der Waals surface area contributed by atoms with Gasteiger partial charge in [0.15, 0.2) is 18.1 Å². The van der Waals surface area contributed by atoms with Gasteiger partial charge >= 0.3 is 5.97 Å². The van der Waals surface area contributed by atoms with Crippen LogP contribution in [0.5, 0.6) is 17.2 Å². The van der Waals surface area contributed by atoms with Gasteiger partial charge in [-0.3, -0.25) is 10.1 Å². The van der Waals surface area contributed by atoms with Crippen molar-refractivity contribution in [3.8, 4) is 17.2 Å². The van der Waals surface area contributed by atoms with Crippen molar-refractivity contribution in [2.45, 2.75) is 13.8 Å². The lowest BCUT2D eigenvalue weighted by Crippen LogP contribution is -2.18. The van der Waals surface area contributed by atoms with E-state index in [0.717, 1.165) is 17.3 Å². The first-order chi connectivity index (χ1) is 12.8. The molecule has 2 aromatic carbocycles. The Morgan fingerprint density at radius 3 is 2.59 bits per heavy atom. The minimum Gasteiger partial charge on any atom is -0.493 e. The van der Waals surface area contributed by atoms with Crippen molar-refractivity contribution in [3.63, 3.8) is 0 Å². The summed E-state index contributed by atoms with van der Waals surface area (Å²) < 4.78 is 16.4. The minimum absolute atomic E-state index is 0.171. The number of esters is 1. The first-order valence-corrected chi connectivity index (χ1v) is 8.69. The summed E-state index contributed by atoms with van der Waals surface area (Å²) in [5, 5.41) is 10.4. The molecule has 2 rings (SSSR count). The molecule has 0 atom stereocenters. The van der Waals surface area contributed by atoms with Crippen LogP contribution in [0.4, 0.5) is 0 Å². The first kappa shape index (κ1) is 20.4. The van der Waals surface area contributed by atoms with Gasteiger partial charge in [-0.1, -0.05) is 6.07 Å². The molecule has 0 aliphatic carbocycles. The molecular formula is C19H18BrNO6. The minimum atomic E-state index is -0.610. The quantitative estimate of drug-likeness (QED) is 0.278. The standard InChI is InChI=1S/C19H18BrNO6/c1-12-4-5-15(8-13(12)2)26-11-18(22)27-19-16(20)9-14(6-7-21(23)24)10-17(19)25-3/h4-10H,11H2,1-3H3. The molecule has 0 saturated heterocycles. The second kappa shape index (κ2) is 9.18. The van der Waals surface area contributed by atoms with Gasteiger partial charge in [-0.25, -0.2) is 4.79 Å². The van der Waals surface area contributed by atoms with Crippen LogP contribution >= 0.6 is 15.9 Å². The zero-order valence-electron chi connectivity index (χ0n) is 15.0. The second-order valence-corrected chi connectivity index (χ2v) is 6.50. The number of rotatable bonds is 7. The van der Waals surface area contributed by atoms with E-state index in [1.165, 1.54) is 19.3 Å². The number of hydrogen-bond acceptors (Lipinski definition) is 6. The average molecular weight is 436 g/mol. The van der Waals surface area contributed by atoms with Gasteiger partial charge in [-0.05, 0) is 70.7 Å². The molecule has 0 bridgehead atoms. The van der Waals surface area contributed by atoms with Crippen LogP contribution in [0.15, 0.2) is 41.0 Å². The third-order valence-corrected chi connectivity index (χ3v) is 4.28. The Hall–Kier alpha value is -2.87. The Balaban J connectivity index is 2.09. The molecule has 0 radical (unpaired) electrons. The Labute approximate surface area is 164 Å². The number of nitrogens with zero attached hydrogens (tertiary/aromatic N) is 1. The fourth-order valence-electron chi connectivity index (χ4n) is 2.17. The van der Waals surface area contributed by atoms with Crippen molar-refractivity contribution in [1.29, 1.82) is 0 Å². The van der Waals surface area contributed by atoms with Gasteiger partial charge in [0.2, 0.25) is 6.20 Å². The zero-order valence-corrected chi connectivity index (χ0v) is 16.6. The number of aryl methyl sites for hydroxylation is 2. The van der Waals surface area contributed by atoms with Crippen LogP contribution in [0.2, 0.25) is 0 Å². The fourth-order valence-corrected chi connectivity index (χ4v) is 2.71. The van der Waals surface area contributed by atoms with E-state index >= 15 is 0 Å². The molecule has 2 aromatic rings.